The summed E-state index contributed by atoms with van der Waals surface area (Å²) >= 11 is 0. The van der Waals surface area contributed by atoms with Crippen molar-refractivity contribution in [1.82, 2.24) is 19.8 Å². The number of hydrogen-bond donors (Lipinski definition) is 0. The molecule has 7 heteroatoms. The van der Waals surface area contributed by atoms with E-state index in [1.54, 1.807) is 20.1 Å². The molecule has 7 nitrogen and oxygen atoms in total. The molecule has 0 radical (unpaired) electrons. The number of aryl methyl sites for hydroxylation is 2. The summed E-state index contributed by atoms with van der Waals surface area (Å²) < 4.78 is 12.5. The van der Waals surface area contributed by atoms with Crippen LogP contribution in [0.25, 0.3) is 11.3 Å². The highest BCUT2D eigenvalue weighted by atomic mass is 16.5. The fourth-order valence-corrected chi connectivity index (χ4v) is 4.64. The molecule has 0 unspecified atom stereocenters. The monoisotopic (exact) mass is 378 g/mol. The number of ether oxygens (including phenoxy) is 1. The molecule has 2 aromatic heterocycles. The number of carbonyl (C=O) groups is 1. The van der Waals surface area contributed by atoms with Gasteiger partial charge < -0.3 is 14.2 Å². The lowest BCUT2D eigenvalue weighted by atomic mass is 9.94. The van der Waals surface area contributed by atoms with Crippen molar-refractivity contribution in [3.05, 3.63) is 53.0 Å². The Kier molecular flexibility index (Phi) is 3.79. The molecule has 3 aromatic rings. The van der Waals surface area contributed by atoms with Gasteiger partial charge in [-0.05, 0) is 31.4 Å². The van der Waals surface area contributed by atoms with Crippen LogP contribution in [0.3, 0.4) is 0 Å². The highest BCUT2D eigenvalue weighted by Gasteiger charge is 2.45. The third-order valence-electron chi connectivity index (χ3n) is 5.95. The Morgan fingerprint density at radius 1 is 1.29 bits per heavy atom. The summed E-state index contributed by atoms with van der Waals surface area (Å²) in [5, 5.41) is 8.69. The minimum Gasteiger partial charge on any atom is -0.497 e. The normalized spacial score (nSPS) is 20.3. The standard InChI is InChI=1S/C21H22N4O3/c1-12-7-17(23-28-12)21(26)25-10-14-9-18-19(16(14)11-25)20(22-24(18)2)13-5-4-6-15(8-13)27-3/h4-8,14,16H,9-11H2,1-3H3/t14-,16+/m0/s1. The number of benzene rings is 1. The second kappa shape index (κ2) is 6.22. The first-order valence-corrected chi connectivity index (χ1v) is 9.48. The second-order valence-corrected chi connectivity index (χ2v) is 7.67. The maximum absolute atomic E-state index is 12.8. The van der Waals surface area contributed by atoms with Gasteiger partial charge in [0.05, 0.1) is 12.8 Å². The molecular formula is C21H22N4O3. The molecule has 0 bridgehead atoms. The van der Waals surface area contributed by atoms with Gasteiger partial charge in [-0.1, -0.05) is 17.3 Å². The number of aromatic nitrogens is 3. The Labute approximate surface area is 162 Å². The van der Waals surface area contributed by atoms with E-state index in [9.17, 15) is 4.79 Å². The van der Waals surface area contributed by atoms with Crippen LogP contribution in [0, 0.1) is 12.8 Å². The molecule has 0 saturated carbocycles. The minimum absolute atomic E-state index is 0.0559. The molecule has 1 fully saturated rings. The van der Waals surface area contributed by atoms with E-state index >= 15 is 0 Å². The lowest BCUT2D eigenvalue weighted by Gasteiger charge is -2.15. The summed E-state index contributed by atoms with van der Waals surface area (Å²) in [6.07, 6.45) is 0.940. The molecule has 5 rings (SSSR count). The van der Waals surface area contributed by atoms with E-state index in [4.69, 9.17) is 14.4 Å². The van der Waals surface area contributed by atoms with E-state index in [-0.39, 0.29) is 5.91 Å². The Balaban J connectivity index is 1.48. The summed E-state index contributed by atoms with van der Waals surface area (Å²) in [6, 6.07) is 9.71. The number of nitrogens with zero attached hydrogens (tertiary/aromatic N) is 4. The van der Waals surface area contributed by atoms with Crippen LogP contribution in [0.5, 0.6) is 5.75 Å². The maximum Gasteiger partial charge on any atom is 0.276 e. The Morgan fingerprint density at radius 3 is 2.89 bits per heavy atom. The summed E-state index contributed by atoms with van der Waals surface area (Å²) in [4.78, 5) is 14.7. The highest BCUT2D eigenvalue weighted by molar-refractivity contribution is 5.92. The van der Waals surface area contributed by atoms with Crippen LogP contribution in [0.15, 0.2) is 34.9 Å². The van der Waals surface area contributed by atoms with E-state index in [0.717, 1.165) is 30.0 Å². The van der Waals surface area contributed by atoms with Crippen molar-refractivity contribution >= 4 is 5.91 Å². The van der Waals surface area contributed by atoms with E-state index in [0.29, 0.717) is 29.8 Å². The summed E-state index contributed by atoms with van der Waals surface area (Å²) in [7, 11) is 3.68. The van der Waals surface area contributed by atoms with Gasteiger partial charge in [-0.2, -0.15) is 5.10 Å². The van der Waals surface area contributed by atoms with Crippen molar-refractivity contribution in [3.8, 4) is 17.0 Å². The van der Waals surface area contributed by atoms with Crippen LogP contribution >= 0.6 is 0 Å². The highest BCUT2D eigenvalue weighted by Crippen LogP contribution is 2.47. The molecule has 0 spiro atoms. The number of amides is 1. The maximum atomic E-state index is 12.8. The first-order chi connectivity index (χ1) is 13.5. The van der Waals surface area contributed by atoms with Crippen molar-refractivity contribution in [2.24, 2.45) is 13.0 Å². The molecule has 1 aromatic carbocycles. The lowest BCUT2D eigenvalue weighted by Crippen LogP contribution is -2.29. The topological polar surface area (TPSA) is 73.4 Å². The summed E-state index contributed by atoms with van der Waals surface area (Å²) in [5.41, 5.74) is 4.98. The van der Waals surface area contributed by atoms with Crippen molar-refractivity contribution in [1.29, 1.82) is 0 Å². The van der Waals surface area contributed by atoms with E-state index in [2.05, 4.69) is 11.2 Å². The fourth-order valence-electron chi connectivity index (χ4n) is 4.64. The molecular weight excluding hydrogens is 356 g/mol. The predicted octanol–water partition coefficient (Wildman–Crippen LogP) is 2.80. The fraction of sp³-hybridized carbons (Fsp3) is 0.381. The third kappa shape index (κ3) is 2.53. The number of fused-ring (bicyclic) bond motifs is 3. The quantitative estimate of drug-likeness (QED) is 0.701. The zero-order valence-electron chi connectivity index (χ0n) is 16.2. The minimum atomic E-state index is -0.0559. The van der Waals surface area contributed by atoms with Crippen molar-refractivity contribution in [3.63, 3.8) is 0 Å². The predicted molar refractivity (Wildman–Crippen MR) is 102 cm³/mol. The SMILES string of the molecule is COc1cccc(-c2nn(C)c3c2[C@@H]2CN(C(=O)c4cc(C)on4)C[C@@H]2C3)c1. The molecule has 1 aliphatic heterocycles. The van der Waals surface area contributed by atoms with Gasteiger partial charge in [0.15, 0.2) is 5.69 Å². The van der Waals surface area contributed by atoms with Crippen LogP contribution in [0.1, 0.15) is 33.4 Å². The second-order valence-electron chi connectivity index (χ2n) is 7.67. The van der Waals surface area contributed by atoms with Gasteiger partial charge >= 0.3 is 0 Å². The number of rotatable bonds is 3. The zero-order valence-corrected chi connectivity index (χ0v) is 16.2. The molecule has 0 N–H and O–H groups in total. The number of methoxy groups -OCH3 is 1. The Morgan fingerprint density at radius 2 is 2.14 bits per heavy atom. The smallest absolute Gasteiger partial charge is 0.276 e. The molecule has 2 atom stereocenters. The van der Waals surface area contributed by atoms with E-state index in [1.165, 1.54) is 11.3 Å². The van der Waals surface area contributed by atoms with Crippen LogP contribution < -0.4 is 4.74 Å². The summed E-state index contributed by atoms with van der Waals surface area (Å²) in [5.74, 6) is 2.12. The number of likely N-dealkylation sites (tertiary alicyclic amines) is 1. The molecule has 3 heterocycles. The third-order valence-corrected chi connectivity index (χ3v) is 5.95. The first kappa shape index (κ1) is 17.0. The molecule has 2 aliphatic rings. The molecule has 1 aliphatic carbocycles. The van der Waals surface area contributed by atoms with Gasteiger partial charge in [-0.15, -0.1) is 0 Å². The number of carbonyl (C=O) groups excluding carboxylic acids is 1. The lowest BCUT2D eigenvalue weighted by molar-refractivity contribution is 0.0774. The average molecular weight is 378 g/mol. The number of hydrogen-bond acceptors (Lipinski definition) is 5. The van der Waals surface area contributed by atoms with Gasteiger partial charge in [0, 0.05) is 48.9 Å². The zero-order chi connectivity index (χ0) is 19.4. The summed E-state index contributed by atoms with van der Waals surface area (Å²) in [6.45, 7) is 3.22. The van der Waals surface area contributed by atoms with Crippen molar-refractivity contribution in [2.45, 2.75) is 19.3 Å². The van der Waals surface area contributed by atoms with Gasteiger partial charge in [-0.25, -0.2) is 0 Å². The Hall–Kier alpha value is -3.09. The van der Waals surface area contributed by atoms with Crippen LogP contribution in [-0.2, 0) is 13.5 Å². The van der Waals surface area contributed by atoms with Crippen LogP contribution in [0.4, 0.5) is 0 Å². The largest absolute Gasteiger partial charge is 0.497 e. The van der Waals surface area contributed by atoms with Gasteiger partial charge in [0.2, 0.25) is 0 Å². The van der Waals surface area contributed by atoms with Crippen LogP contribution in [0.2, 0.25) is 0 Å². The molecule has 1 amide bonds. The first-order valence-electron chi connectivity index (χ1n) is 9.48. The molecule has 28 heavy (non-hydrogen) atoms. The van der Waals surface area contributed by atoms with E-state index < -0.39 is 0 Å². The van der Waals surface area contributed by atoms with Gasteiger partial charge in [0.25, 0.3) is 5.91 Å². The molecule has 144 valence electrons. The van der Waals surface area contributed by atoms with Crippen LogP contribution in [-0.4, -0.2) is 45.9 Å². The van der Waals surface area contributed by atoms with Crippen molar-refractivity contribution in [2.75, 3.05) is 20.2 Å². The molecule has 1 saturated heterocycles. The van der Waals surface area contributed by atoms with Gasteiger partial charge in [0.1, 0.15) is 11.5 Å². The average Bonchev–Trinajstić information content (AvgIpc) is 3.44. The Bertz CT molecular complexity index is 1070. The van der Waals surface area contributed by atoms with E-state index in [1.807, 2.05) is 34.8 Å². The van der Waals surface area contributed by atoms with Crippen molar-refractivity contribution < 1.29 is 14.1 Å². The van der Waals surface area contributed by atoms with Gasteiger partial charge in [-0.3, -0.25) is 9.48 Å².